The van der Waals surface area contributed by atoms with E-state index >= 15 is 0 Å². The zero-order valence-electron chi connectivity index (χ0n) is 11.7. The largest absolute Gasteiger partial charge is 0.368 e. The lowest BCUT2D eigenvalue weighted by molar-refractivity contribution is -0.121. The first-order valence-electron chi connectivity index (χ1n) is 6.57. The molecular weight excluding hydrogens is 228 g/mol. The van der Waals surface area contributed by atoms with Crippen LogP contribution in [0.15, 0.2) is 6.07 Å². The smallest absolute Gasteiger partial charge is 0.234 e. The first kappa shape index (κ1) is 14.7. The Kier molecular flexibility index (Phi) is 5.34. The van der Waals surface area contributed by atoms with Crippen molar-refractivity contribution in [3.8, 4) is 0 Å². The minimum Gasteiger partial charge on any atom is -0.368 e. The van der Waals surface area contributed by atoms with Gasteiger partial charge in [-0.3, -0.25) is 14.8 Å². The Morgan fingerprint density at radius 3 is 2.61 bits per heavy atom. The third kappa shape index (κ3) is 3.57. The number of rotatable bonds is 7. The van der Waals surface area contributed by atoms with Crippen LogP contribution in [0.4, 0.5) is 0 Å². The molecule has 1 atom stereocenters. The predicted molar refractivity (Wildman–Crippen MR) is 71.9 cm³/mol. The van der Waals surface area contributed by atoms with Crippen molar-refractivity contribution in [1.29, 1.82) is 0 Å². The van der Waals surface area contributed by atoms with Crippen LogP contribution in [0.25, 0.3) is 0 Å². The number of amides is 1. The molecule has 0 spiro atoms. The van der Waals surface area contributed by atoms with E-state index in [2.05, 4.69) is 30.3 Å². The Morgan fingerprint density at radius 1 is 1.50 bits per heavy atom. The van der Waals surface area contributed by atoms with Gasteiger partial charge in [0.2, 0.25) is 5.91 Å². The van der Waals surface area contributed by atoms with Gasteiger partial charge < -0.3 is 5.73 Å². The van der Waals surface area contributed by atoms with E-state index in [1.807, 2.05) is 18.5 Å². The highest BCUT2D eigenvalue weighted by Crippen LogP contribution is 2.07. The van der Waals surface area contributed by atoms with Crippen LogP contribution in [0.1, 0.15) is 39.1 Å². The molecule has 5 heteroatoms. The zero-order chi connectivity index (χ0) is 13.7. The third-order valence-corrected chi connectivity index (χ3v) is 3.05. The number of hydrogen-bond donors (Lipinski definition) is 2. The van der Waals surface area contributed by atoms with Crippen LogP contribution in [0.5, 0.6) is 0 Å². The van der Waals surface area contributed by atoms with E-state index in [1.54, 1.807) is 0 Å². The van der Waals surface area contributed by atoms with Crippen LogP contribution in [-0.4, -0.2) is 21.7 Å². The summed E-state index contributed by atoms with van der Waals surface area (Å²) in [6, 6.07) is 1.78. The summed E-state index contributed by atoms with van der Waals surface area (Å²) in [5, 5.41) is 7.69. The minimum absolute atomic E-state index is 0.186. The van der Waals surface area contributed by atoms with E-state index in [0.29, 0.717) is 6.54 Å². The minimum atomic E-state index is -0.303. The molecule has 0 aliphatic rings. The van der Waals surface area contributed by atoms with Gasteiger partial charge in [-0.2, -0.15) is 5.10 Å². The lowest BCUT2D eigenvalue weighted by atomic mass is 10.0. The normalized spacial score (nSPS) is 12.9. The number of aromatic nitrogens is 2. The average molecular weight is 252 g/mol. The van der Waals surface area contributed by atoms with E-state index in [0.717, 1.165) is 24.4 Å². The SMILES string of the molecule is CCc1cc(CNC(C(N)=O)C(C)C)n(CC)n1. The van der Waals surface area contributed by atoms with Gasteiger partial charge >= 0.3 is 0 Å². The summed E-state index contributed by atoms with van der Waals surface area (Å²) in [4.78, 5) is 11.3. The Bertz CT molecular complexity index is 398. The highest BCUT2D eigenvalue weighted by atomic mass is 16.1. The number of nitrogens with one attached hydrogen (secondary N) is 1. The van der Waals surface area contributed by atoms with Crippen molar-refractivity contribution in [2.24, 2.45) is 11.7 Å². The van der Waals surface area contributed by atoms with Gasteiger partial charge in [0.1, 0.15) is 0 Å². The molecule has 0 bridgehead atoms. The van der Waals surface area contributed by atoms with Crippen molar-refractivity contribution < 1.29 is 4.79 Å². The third-order valence-electron chi connectivity index (χ3n) is 3.05. The highest BCUT2D eigenvalue weighted by molar-refractivity contribution is 5.80. The summed E-state index contributed by atoms with van der Waals surface area (Å²) in [6.07, 6.45) is 0.920. The number of carbonyl (C=O) groups excluding carboxylic acids is 1. The molecule has 1 rings (SSSR count). The second-order valence-electron chi connectivity index (χ2n) is 4.80. The van der Waals surface area contributed by atoms with Gasteiger partial charge in [-0.25, -0.2) is 0 Å². The van der Waals surface area contributed by atoms with Crippen LogP contribution in [0, 0.1) is 5.92 Å². The number of aryl methyl sites for hydroxylation is 2. The lowest BCUT2D eigenvalue weighted by Crippen LogP contribution is -2.44. The van der Waals surface area contributed by atoms with E-state index in [1.165, 1.54) is 0 Å². The van der Waals surface area contributed by atoms with Gasteiger partial charge in [0.25, 0.3) is 0 Å². The molecule has 1 amide bonds. The fraction of sp³-hybridized carbons (Fsp3) is 0.692. The van der Waals surface area contributed by atoms with Crippen molar-refractivity contribution in [2.45, 2.75) is 53.2 Å². The maximum absolute atomic E-state index is 11.3. The van der Waals surface area contributed by atoms with E-state index in [4.69, 9.17) is 5.73 Å². The molecule has 0 aromatic carbocycles. The Balaban J connectivity index is 2.72. The first-order chi connectivity index (χ1) is 8.49. The van der Waals surface area contributed by atoms with Crippen molar-refractivity contribution in [2.75, 3.05) is 0 Å². The van der Waals surface area contributed by atoms with Crippen molar-refractivity contribution in [1.82, 2.24) is 15.1 Å². The molecule has 0 aliphatic heterocycles. The average Bonchev–Trinajstić information content (AvgIpc) is 2.71. The summed E-state index contributed by atoms with van der Waals surface area (Å²) in [6.45, 7) is 9.56. The lowest BCUT2D eigenvalue weighted by Gasteiger charge is -2.19. The second kappa shape index (κ2) is 6.54. The molecular formula is C13H24N4O. The summed E-state index contributed by atoms with van der Waals surface area (Å²) in [7, 11) is 0. The van der Waals surface area contributed by atoms with Gasteiger partial charge in [-0.1, -0.05) is 20.8 Å². The highest BCUT2D eigenvalue weighted by Gasteiger charge is 2.19. The fourth-order valence-corrected chi connectivity index (χ4v) is 1.98. The molecule has 102 valence electrons. The Hall–Kier alpha value is -1.36. The quantitative estimate of drug-likeness (QED) is 0.762. The van der Waals surface area contributed by atoms with E-state index < -0.39 is 0 Å². The van der Waals surface area contributed by atoms with Gasteiger partial charge in [-0.05, 0) is 25.3 Å². The molecule has 18 heavy (non-hydrogen) atoms. The standard InChI is InChI=1S/C13H24N4O/c1-5-10-7-11(17(6-2)16-10)8-15-12(9(3)4)13(14)18/h7,9,12,15H,5-6,8H2,1-4H3,(H2,14,18). The molecule has 0 aliphatic carbocycles. The summed E-state index contributed by atoms with van der Waals surface area (Å²) in [5.41, 5.74) is 7.56. The number of hydrogen-bond acceptors (Lipinski definition) is 3. The summed E-state index contributed by atoms with van der Waals surface area (Å²) < 4.78 is 1.96. The molecule has 1 aromatic heterocycles. The maximum atomic E-state index is 11.3. The molecule has 3 N–H and O–H groups in total. The van der Waals surface area contributed by atoms with Gasteiger partial charge in [-0.15, -0.1) is 0 Å². The molecule has 1 unspecified atom stereocenters. The second-order valence-corrected chi connectivity index (χ2v) is 4.80. The monoisotopic (exact) mass is 252 g/mol. The number of primary amides is 1. The van der Waals surface area contributed by atoms with Gasteiger partial charge in [0.05, 0.1) is 17.4 Å². The topological polar surface area (TPSA) is 72.9 Å². The van der Waals surface area contributed by atoms with E-state index in [9.17, 15) is 4.79 Å². The predicted octanol–water partition coefficient (Wildman–Crippen LogP) is 1.06. The van der Waals surface area contributed by atoms with Crippen molar-refractivity contribution in [3.05, 3.63) is 17.5 Å². The van der Waals surface area contributed by atoms with Gasteiger partial charge in [0.15, 0.2) is 0 Å². The van der Waals surface area contributed by atoms with Crippen LogP contribution in [0.3, 0.4) is 0 Å². The molecule has 1 heterocycles. The zero-order valence-corrected chi connectivity index (χ0v) is 11.7. The Labute approximate surface area is 109 Å². The summed E-state index contributed by atoms with van der Waals surface area (Å²) >= 11 is 0. The van der Waals surface area contributed by atoms with Crippen LogP contribution >= 0.6 is 0 Å². The molecule has 0 saturated heterocycles. The van der Waals surface area contributed by atoms with Crippen molar-refractivity contribution >= 4 is 5.91 Å². The fourth-order valence-electron chi connectivity index (χ4n) is 1.98. The number of nitrogens with zero attached hydrogens (tertiary/aromatic N) is 2. The molecule has 0 radical (unpaired) electrons. The molecule has 5 nitrogen and oxygen atoms in total. The maximum Gasteiger partial charge on any atom is 0.234 e. The summed E-state index contributed by atoms with van der Waals surface area (Å²) in [5.74, 6) is -0.116. The number of nitrogens with two attached hydrogens (primary N) is 1. The first-order valence-corrected chi connectivity index (χ1v) is 6.57. The van der Waals surface area contributed by atoms with Crippen LogP contribution in [-0.2, 0) is 24.3 Å². The molecule has 1 aromatic rings. The molecule has 0 saturated carbocycles. The Morgan fingerprint density at radius 2 is 2.17 bits per heavy atom. The molecule has 0 fully saturated rings. The number of carbonyl (C=O) groups is 1. The van der Waals surface area contributed by atoms with Gasteiger partial charge in [0, 0.05) is 13.1 Å². The van der Waals surface area contributed by atoms with Crippen LogP contribution in [0.2, 0.25) is 0 Å². The van der Waals surface area contributed by atoms with Crippen LogP contribution < -0.4 is 11.1 Å². The van der Waals surface area contributed by atoms with Crippen molar-refractivity contribution in [3.63, 3.8) is 0 Å². The van der Waals surface area contributed by atoms with E-state index in [-0.39, 0.29) is 17.9 Å².